The summed E-state index contributed by atoms with van der Waals surface area (Å²) in [7, 11) is 1.29. The molecule has 0 saturated carbocycles. The molecule has 0 unspecified atom stereocenters. The van der Waals surface area contributed by atoms with Crippen molar-refractivity contribution in [3.8, 4) is 0 Å². The highest BCUT2D eigenvalue weighted by Gasteiger charge is 2.39. The Balaban J connectivity index is 2.29. The molecule has 1 aliphatic heterocycles. The maximum absolute atomic E-state index is 12.2. The molecule has 0 aliphatic carbocycles. The van der Waals surface area contributed by atoms with Gasteiger partial charge in [-0.1, -0.05) is 0 Å². The molecule has 0 aromatic heterocycles. The zero-order valence-corrected chi connectivity index (χ0v) is 10.1. The van der Waals surface area contributed by atoms with Crippen molar-refractivity contribution in [1.29, 1.82) is 0 Å². The van der Waals surface area contributed by atoms with Gasteiger partial charge in [0.1, 0.15) is 0 Å². The van der Waals surface area contributed by atoms with Crippen LogP contribution in [0.25, 0.3) is 0 Å². The van der Waals surface area contributed by atoms with Gasteiger partial charge in [-0.15, -0.1) is 0 Å². The van der Waals surface area contributed by atoms with Gasteiger partial charge in [-0.05, 0) is 0 Å². The van der Waals surface area contributed by atoms with Crippen LogP contribution in [0, 0.1) is 0 Å². The number of piperazine rings is 1. The van der Waals surface area contributed by atoms with Crippen molar-refractivity contribution >= 4 is 5.97 Å². The number of rotatable bonds is 4. The SMILES string of the molecule is COC(=O)CN1CCN(C[C@@H](O)C(F)(F)F)CC1. The topological polar surface area (TPSA) is 53.0 Å². The van der Waals surface area contributed by atoms with E-state index in [9.17, 15) is 18.0 Å². The van der Waals surface area contributed by atoms with E-state index in [1.807, 2.05) is 4.90 Å². The number of aliphatic hydroxyl groups excluding tert-OH is 1. The number of hydrogen-bond acceptors (Lipinski definition) is 5. The summed E-state index contributed by atoms with van der Waals surface area (Å²) < 4.78 is 41.0. The van der Waals surface area contributed by atoms with E-state index in [4.69, 9.17) is 5.11 Å². The number of methoxy groups -OCH3 is 1. The number of alkyl halides is 3. The molecule has 1 atom stereocenters. The summed E-state index contributed by atoms with van der Waals surface area (Å²) in [4.78, 5) is 14.3. The van der Waals surface area contributed by atoms with E-state index in [2.05, 4.69) is 4.74 Å². The van der Waals surface area contributed by atoms with Crippen LogP contribution in [-0.2, 0) is 9.53 Å². The van der Waals surface area contributed by atoms with E-state index in [0.717, 1.165) is 0 Å². The Morgan fingerprint density at radius 3 is 2.22 bits per heavy atom. The Hall–Kier alpha value is -0.860. The van der Waals surface area contributed by atoms with E-state index in [1.165, 1.54) is 12.0 Å². The van der Waals surface area contributed by atoms with Crippen LogP contribution in [0.15, 0.2) is 0 Å². The minimum absolute atomic E-state index is 0.145. The lowest BCUT2D eigenvalue weighted by Crippen LogP contribution is -2.51. The summed E-state index contributed by atoms with van der Waals surface area (Å²) in [6, 6.07) is 0. The zero-order valence-electron chi connectivity index (χ0n) is 10.1. The van der Waals surface area contributed by atoms with Gasteiger partial charge in [-0.25, -0.2) is 0 Å². The number of aliphatic hydroxyl groups is 1. The average Bonchev–Trinajstić information content (AvgIpc) is 2.30. The van der Waals surface area contributed by atoms with Crippen molar-refractivity contribution in [3.05, 3.63) is 0 Å². The Bertz CT molecular complexity index is 278. The van der Waals surface area contributed by atoms with Crippen LogP contribution in [0.3, 0.4) is 0 Å². The van der Waals surface area contributed by atoms with Gasteiger partial charge in [0.2, 0.25) is 0 Å². The van der Waals surface area contributed by atoms with Gasteiger partial charge in [0, 0.05) is 32.7 Å². The number of nitrogens with zero attached hydrogens (tertiary/aromatic N) is 2. The first-order chi connectivity index (χ1) is 8.32. The van der Waals surface area contributed by atoms with Crippen LogP contribution in [0.4, 0.5) is 13.2 Å². The summed E-state index contributed by atoms with van der Waals surface area (Å²) >= 11 is 0. The second-order valence-electron chi connectivity index (χ2n) is 4.21. The molecular formula is C10H17F3N2O3. The first kappa shape index (κ1) is 15.2. The molecule has 0 radical (unpaired) electrons. The number of hydrogen-bond donors (Lipinski definition) is 1. The lowest BCUT2D eigenvalue weighted by atomic mass is 10.2. The molecule has 1 rings (SSSR count). The highest BCUT2D eigenvalue weighted by molar-refractivity contribution is 5.71. The van der Waals surface area contributed by atoms with Crippen LogP contribution in [0.5, 0.6) is 0 Å². The van der Waals surface area contributed by atoms with Crippen molar-refractivity contribution < 1.29 is 27.8 Å². The Morgan fingerprint density at radius 1 is 1.28 bits per heavy atom. The molecule has 0 aromatic carbocycles. The van der Waals surface area contributed by atoms with Crippen LogP contribution < -0.4 is 0 Å². The fourth-order valence-corrected chi connectivity index (χ4v) is 1.73. The zero-order chi connectivity index (χ0) is 13.8. The summed E-state index contributed by atoms with van der Waals surface area (Å²) in [5.41, 5.74) is 0. The van der Waals surface area contributed by atoms with Crippen molar-refractivity contribution in [3.63, 3.8) is 0 Å². The minimum atomic E-state index is -4.58. The summed E-state index contributed by atoms with van der Waals surface area (Å²) in [5, 5.41) is 8.93. The fourth-order valence-electron chi connectivity index (χ4n) is 1.73. The lowest BCUT2D eigenvalue weighted by molar-refractivity contribution is -0.208. The molecular weight excluding hydrogens is 253 g/mol. The van der Waals surface area contributed by atoms with E-state index in [-0.39, 0.29) is 12.5 Å². The predicted molar refractivity (Wildman–Crippen MR) is 57.0 cm³/mol. The number of carbonyl (C=O) groups is 1. The third kappa shape index (κ3) is 4.79. The third-order valence-corrected chi connectivity index (χ3v) is 2.85. The van der Waals surface area contributed by atoms with Crippen molar-refractivity contribution in [2.45, 2.75) is 12.3 Å². The van der Waals surface area contributed by atoms with Gasteiger partial charge in [-0.3, -0.25) is 14.6 Å². The molecule has 5 nitrogen and oxygen atoms in total. The number of esters is 1. The van der Waals surface area contributed by atoms with E-state index in [0.29, 0.717) is 26.2 Å². The monoisotopic (exact) mass is 270 g/mol. The van der Waals surface area contributed by atoms with Crippen LogP contribution in [-0.4, -0.2) is 79.5 Å². The molecule has 1 saturated heterocycles. The smallest absolute Gasteiger partial charge is 0.415 e. The molecule has 1 fully saturated rings. The highest BCUT2D eigenvalue weighted by Crippen LogP contribution is 2.21. The standard InChI is InChI=1S/C10H17F3N2O3/c1-18-9(17)7-15-4-2-14(3-5-15)6-8(16)10(11,12)13/h8,16H,2-7H2,1H3/t8-/m1/s1. The van der Waals surface area contributed by atoms with Crippen molar-refractivity contribution in [2.24, 2.45) is 0 Å². The molecule has 106 valence electrons. The van der Waals surface area contributed by atoms with Crippen LogP contribution in [0.2, 0.25) is 0 Å². The molecule has 0 spiro atoms. The molecule has 0 amide bonds. The molecule has 1 aliphatic rings. The van der Waals surface area contributed by atoms with Crippen LogP contribution >= 0.6 is 0 Å². The Morgan fingerprint density at radius 2 is 1.78 bits per heavy atom. The minimum Gasteiger partial charge on any atom is -0.468 e. The fraction of sp³-hybridized carbons (Fsp3) is 0.900. The van der Waals surface area contributed by atoms with Crippen molar-refractivity contribution in [1.82, 2.24) is 9.80 Å². The second kappa shape index (κ2) is 6.35. The first-order valence-corrected chi connectivity index (χ1v) is 5.59. The van der Waals surface area contributed by atoms with E-state index in [1.54, 1.807) is 0 Å². The van der Waals surface area contributed by atoms with Gasteiger partial charge >= 0.3 is 12.1 Å². The summed E-state index contributed by atoms with van der Waals surface area (Å²) in [6.07, 6.45) is -6.90. The molecule has 0 bridgehead atoms. The van der Waals surface area contributed by atoms with Gasteiger partial charge in [0.05, 0.1) is 13.7 Å². The number of carbonyl (C=O) groups excluding carboxylic acids is 1. The first-order valence-electron chi connectivity index (χ1n) is 5.59. The van der Waals surface area contributed by atoms with Gasteiger partial charge in [0.25, 0.3) is 0 Å². The van der Waals surface area contributed by atoms with Crippen molar-refractivity contribution in [2.75, 3.05) is 46.4 Å². The second-order valence-corrected chi connectivity index (χ2v) is 4.21. The molecule has 1 N–H and O–H groups in total. The maximum atomic E-state index is 12.2. The largest absolute Gasteiger partial charge is 0.468 e. The predicted octanol–water partition coefficient (Wildman–Crippen LogP) is -0.300. The Kier molecular flexibility index (Phi) is 5.36. The highest BCUT2D eigenvalue weighted by atomic mass is 19.4. The van der Waals surface area contributed by atoms with E-state index >= 15 is 0 Å². The number of halogens is 3. The maximum Gasteiger partial charge on any atom is 0.415 e. The lowest BCUT2D eigenvalue weighted by Gasteiger charge is -2.35. The molecule has 8 heteroatoms. The van der Waals surface area contributed by atoms with Gasteiger partial charge < -0.3 is 9.84 Å². The summed E-state index contributed by atoms with van der Waals surface area (Å²) in [5.74, 6) is -0.362. The molecule has 18 heavy (non-hydrogen) atoms. The van der Waals surface area contributed by atoms with Gasteiger partial charge in [-0.2, -0.15) is 13.2 Å². The van der Waals surface area contributed by atoms with Gasteiger partial charge in [0.15, 0.2) is 6.10 Å². The Labute approximate surface area is 103 Å². The molecule has 1 heterocycles. The number of β-amino-alcohol motifs (C(OH)–C–C–N with tert-alkyl or cyclic N) is 1. The number of ether oxygens (including phenoxy) is 1. The average molecular weight is 270 g/mol. The molecule has 0 aromatic rings. The third-order valence-electron chi connectivity index (χ3n) is 2.85. The normalized spacial score (nSPS) is 20.7. The van der Waals surface area contributed by atoms with E-state index < -0.39 is 18.8 Å². The quantitative estimate of drug-likeness (QED) is 0.711. The summed E-state index contributed by atoms with van der Waals surface area (Å²) in [6.45, 7) is 1.48. The van der Waals surface area contributed by atoms with Crippen LogP contribution in [0.1, 0.15) is 0 Å².